The molecule has 2 aliphatic heterocycles. The maximum atomic E-state index is 14.1. The summed E-state index contributed by atoms with van der Waals surface area (Å²) >= 11 is 0. The van der Waals surface area contributed by atoms with Crippen LogP contribution in [0.15, 0.2) is 0 Å². The molecule has 0 bridgehead atoms. The number of nitrogens with two attached hydrogens (primary N) is 2. The number of hydrogen-bond donors (Lipinski definition) is 7. The van der Waals surface area contributed by atoms with Crippen LogP contribution in [0.1, 0.15) is 0 Å². The molecule has 2 rings (SSSR count). The van der Waals surface area contributed by atoms with Crippen molar-refractivity contribution < 1.29 is 225 Å². The summed E-state index contributed by atoms with van der Waals surface area (Å²) in [5.41, 5.74) is 9.45. The second-order valence-electron chi connectivity index (χ2n) is 20.0. The van der Waals surface area contributed by atoms with E-state index in [-0.39, 0.29) is 26.2 Å². The van der Waals surface area contributed by atoms with Crippen LogP contribution in [0.5, 0.6) is 0 Å². The van der Waals surface area contributed by atoms with Crippen molar-refractivity contribution in [2.24, 2.45) is 11.5 Å². The summed E-state index contributed by atoms with van der Waals surface area (Å²) in [5, 5.41) is 28.9. The third-order valence-corrected chi connectivity index (χ3v) is 17.0. The number of carboxylic acid groups (broad SMARTS) is 5. The zero-order valence-corrected chi connectivity index (χ0v) is 49.8. The van der Waals surface area contributed by atoms with Crippen LogP contribution in [0.2, 0.25) is 0 Å². The summed E-state index contributed by atoms with van der Waals surface area (Å²) in [5.74, 6) is -110. The topological polar surface area (TPSA) is 364 Å². The van der Waals surface area contributed by atoms with Gasteiger partial charge in [0.05, 0.1) is 32.7 Å². The van der Waals surface area contributed by atoms with Crippen LogP contribution >= 0.6 is 0 Å². The van der Waals surface area contributed by atoms with Crippen LogP contribution in [-0.4, -0.2) is 323 Å². The molecule has 0 aromatic heterocycles. The molecule has 0 saturated carbocycles. The smallest absolute Gasteiger partial charge is 0.460 e. The van der Waals surface area contributed by atoms with Crippen molar-refractivity contribution in [1.29, 1.82) is 0 Å². The fraction of sp³-hybridized carbons (Fsp3) is 0.825. The zero-order valence-electron chi connectivity index (χ0n) is 48.2. The maximum Gasteiger partial charge on any atom is 0.460 e. The maximum absolute atomic E-state index is 14.1. The molecule has 0 spiro atoms. The number of nitrogens with zero attached hydrogens (tertiary/aromatic N) is 7. The number of amides is 4. The fourth-order valence-corrected chi connectivity index (χ4v) is 10.3. The van der Waals surface area contributed by atoms with Gasteiger partial charge in [-0.05, 0) is 0 Å². The summed E-state index contributed by atoms with van der Waals surface area (Å²) in [6.45, 7) is -12.6. The van der Waals surface area contributed by atoms with Crippen LogP contribution in [-0.2, 0) is 44.0 Å². The second-order valence-corrected chi connectivity index (χ2v) is 24.0. The number of halogens is 34. The molecule has 61 heteroatoms. The molecule has 0 aromatic carbocycles. The van der Waals surface area contributed by atoms with Gasteiger partial charge in [0, 0.05) is 78.5 Å². The number of carbonyl (C=O) groups excluding carboxylic acids is 2. The molecule has 594 valence electrons. The minimum Gasteiger partial charge on any atom is -0.480 e. The first kappa shape index (κ1) is 94.2. The summed E-state index contributed by atoms with van der Waals surface area (Å²) in [6, 6.07) is -2.70. The predicted molar refractivity (Wildman–Crippen MR) is 252 cm³/mol. The summed E-state index contributed by atoms with van der Waals surface area (Å²) < 4.78 is 497. The van der Waals surface area contributed by atoms with Crippen molar-refractivity contribution in [3.05, 3.63) is 0 Å². The lowest BCUT2D eigenvalue weighted by molar-refractivity contribution is -0.458. The molecule has 0 unspecified atom stereocenters. The number of piperazine rings is 2. The van der Waals surface area contributed by atoms with E-state index in [1.54, 1.807) is 0 Å². The number of alkyl halides is 34. The predicted octanol–water partition coefficient (Wildman–Crippen LogP) is 5.27. The number of urea groups is 2. The molecule has 4 amide bonds. The van der Waals surface area contributed by atoms with Gasteiger partial charge >= 0.3 is 136 Å². The first-order valence-electron chi connectivity index (χ1n) is 25.1. The van der Waals surface area contributed by atoms with Gasteiger partial charge in [0.1, 0.15) is 0 Å². The highest BCUT2D eigenvalue weighted by molar-refractivity contribution is 7.90. The molecule has 2 aliphatic rings. The minimum atomic E-state index is -8.88. The number of hydrogen-bond acceptors (Lipinski definition) is 14. The van der Waals surface area contributed by atoms with Crippen LogP contribution in [0.3, 0.4) is 0 Å². The molecule has 0 radical (unpaired) electrons. The Morgan fingerprint density at radius 2 is 0.436 bits per heavy atom. The van der Waals surface area contributed by atoms with Crippen molar-refractivity contribution in [2.45, 2.75) is 93.9 Å². The van der Waals surface area contributed by atoms with Crippen molar-refractivity contribution >= 4 is 62.0 Å². The van der Waals surface area contributed by atoms with Gasteiger partial charge in [-0.15, -0.1) is 0 Å². The van der Waals surface area contributed by atoms with Crippen molar-refractivity contribution in [3.8, 4) is 0 Å². The Balaban J connectivity index is 0.00000151. The number of aliphatic carboxylic acids is 5. The van der Waals surface area contributed by atoms with E-state index in [9.17, 15) is 200 Å². The third-order valence-electron chi connectivity index (χ3n) is 13.1. The number of rotatable bonds is 32. The number of sulfonamides is 2. The molecule has 0 aliphatic carbocycles. The Bertz CT molecular complexity index is 2960. The van der Waals surface area contributed by atoms with Gasteiger partial charge in [0.25, 0.3) is 20.0 Å². The third kappa shape index (κ3) is 18.1. The first-order chi connectivity index (χ1) is 44.3. The van der Waals surface area contributed by atoms with Crippen LogP contribution in [0.4, 0.5) is 159 Å². The normalized spacial score (nSPS) is 16.7. The molecule has 9 N–H and O–H groups in total. The van der Waals surface area contributed by atoms with Gasteiger partial charge in [-0.3, -0.25) is 38.7 Å². The average molecular weight is 1620 g/mol. The van der Waals surface area contributed by atoms with E-state index < -0.39 is 250 Å². The first-order valence-corrected chi connectivity index (χ1v) is 28.0. The molecule has 101 heavy (non-hydrogen) atoms. The van der Waals surface area contributed by atoms with E-state index in [1.165, 1.54) is 4.90 Å². The molecular formula is C40H43F34N9O16S2. The molecule has 2 heterocycles. The van der Waals surface area contributed by atoms with Crippen LogP contribution in [0.25, 0.3) is 0 Å². The number of primary amides is 2. The largest absolute Gasteiger partial charge is 0.480 e. The Morgan fingerprint density at radius 1 is 0.277 bits per heavy atom. The average Bonchev–Trinajstić information content (AvgIpc) is 0.695. The summed E-state index contributed by atoms with van der Waals surface area (Å²) in [4.78, 5) is 80.3. The quantitative estimate of drug-likeness (QED) is 0.0421. The molecule has 0 aromatic rings. The number of carbonyl (C=O) groups is 7. The summed E-state index contributed by atoms with van der Waals surface area (Å²) in [7, 11) is -14.7. The lowest BCUT2D eigenvalue weighted by Crippen LogP contribution is -2.75. The Kier molecular flexibility index (Phi) is 28.8. The van der Waals surface area contributed by atoms with Gasteiger partial charge in [0.15, 0.2) is 0 Å². The Labute approximate surface area is 536 Å². The van der Waals surface area contributed by atoms with E-state index in [4.69, 9.17) is 37.0 Å². The molecule has 0 atom stereocenters. The fourth-order valence-electron chi connectivity index (χ4n) is 7.46. The lowest BCUT2D eigenvalue weighted by Gasteiger charge is -2.43. The highest BCUT2D eigenvalue weighted by atomic mass is 32.2. The molecular weight excluding hydrogens is 1570 g/mol. The summed E-state index contributed by atoms with van der Waals surface area (Å²) in [6.07, 6.45) is -15.8. The van der Waals surface area contributed by atoms with Gasteiger partial charge in [-0.1, -0.05) is 0 Å². The van der Waals surface area contributed by atoms with Gasteiger partial charge in [-0.25, -0.2) is 26.4 Å². The van der Waals surface area contributed by atoms with Crippen molar-refractivity contribution in [2.75, 3.05) is 111 Å². The van der Waals surface area contributed by atoms with E-state index in [0.717, 1.165) is 9.80 Å². The van der Waals surface area contributed by atoms with Gasteiger partial charge in [0.2, 0.25) is 0 Å². The van der Waals surface area contributed by atoms with Crippen LogP contribution < -0.4 is 11.5 Å². The minimum absolute atomic E-state index is 0.000836. The van der Waals surface area contributed by atoms with Crippen LogP contribution in [0, 0.1) is 0 Å². The van der Waals surface area contributed by atoms with E-state index in [2.05, 4.69) is 0 Å². The molecule has 2 fully saturated rings. The Morgan fingerprint density at radius 3 is 0.604 bits per heavy atom. The number of carboxylic acids is 5. The monoisotopic (exact) mass is 1620 g/mol. The molecule has 2 saturated heterocycles. The SMILES string of the molecule is NC(=O)N1CCN(S(=O)(=O)C(F)(F)C(F)(F)C(F)(F)C(F)(F)C(F)(F)C(F)(F)C(F)(F)C(F)(F)F)CC1.NC(=O)N1CCN(S(=O)(=O)C(F)(F)C(F)(F)C(F)(F)C(F)(F)C(F)(F)C(F)(F)C(F)(F)C(F)(F)F)CC1.O=C(O)CN(CCN(CC(=O)O)CC(=O)O)CCN(CC(=O)O)CC(=O)O. The van der Waals surface area contributed by atoms with E-state index >= 15 is 0 Å². The standard InChI is InChI=1S/C14H23N3O10.2C13H10F17N3O3S/c18-10(19)5-15(1-3-16(6-11(20)21)7-12(22)23)2-4-17(8-13(24)25)9-14(26)27;2*14-6(15,8(18,19)10(22,23)12(26,27)28)7(16,17)9(20,21)11(24,25)13(29,30)37(35,36)33-3-1-32(2-4-33)5(31)34/h1-9H2,(H,18,19)(H,20,21)(H,22,23)(H,24,25)(H,26,27);2*1-4H2,(H2,31,34). The lowest BCUT2D eigenvalue weighted by atomic mass is 9.91. The molecule has 25 nitrogen and oxygen atoms in total. The van der Waals surface area contributed by atoms with Crippen molar-refractivity contribution in [1.82, 2.24) is 33.1 Å². The van der Waals surface area contributed by atoms with E-state index in [0.29, 0.717) is 9.80 Å². The highest BCUT2D eigenvalue weighted by Gasteiger charge is 2.98. The Hall–Kier alpha value is -6.79. The van der Waals surface area contributed by atoms with Gasteiger partial charge in [-0.2, -0.15) is 158 Å². The van der Waals surface area contributed by atoms with Crippen molar-refractivity contribution in [3.63, 3.8) is 0 Å². The highest BCUT2D eigenvalue weighted by Crippen LogP contribution is 2.67. The van der Waals surface area contributed by atoms with E-state index in [1.807, 2.05) is 0 Å². The van der Waals surface area contributed by atoms with Gasteiger partial charge < -0.3 is 46.8 Å². The zero-order chi connectivity index (χ0) is 81.1. The second kappa shape index (κ2) is 30.9.